The first-order chi connectivity index (χ1) is 8.26. The highest BCUT2D eigenvalue weighted by Gasteiger charge is 2.16. The Balaban J connectivity index is 2.55. The molecule has 0 amide bonds. The van der Waals surface area contributed by atoms with Gasteiger partial charge in [-0.3, -0.25) is 0 Å². The van der Waals surface area contributed by atoms with Crippen molar-refractivity contribution < 1.29 is 4.79 Å². The van der Waals surface area contributed by atoms with Gasteiger partial charge >= 0.3 is 0 Å². The fraction of sp³-hybridized carbons (Fsp3) is 0.200. The van der Waals surface area contributed by atoms with Gasteiger partial charge in [-0.15, -0.1) is 5.10 Å². The molecule has 1 unspecified atom stereocenters. The molecule has 0 saturated carbocycles. The van der Waals surface area contributed by atoms with E-state index in [2.05, 4.69) is 31.5 Å². The average Bonchev–Trinajstić information content (AvgIpc) is 2.84. The zero-order valence-electron chi connectivity index (χ0n) is 8.62. The van der Waals surface area contributed by atoms with E-state index in [0.29, 0.717) is 10.4 Å². The second-order valence-corrected chi connectivity index (χ2v) is 4.44. The summed E-state index contributed by atoms with van der Waals surface area (Å²) in [6, 6.07) is 5.27. The van der Waals surface area contributed by atoms with Crippen LogP contribution in [0.5, 0.6) is 0 Å². The number of hydrogen-bond donors (Lipinski definition) is 0. The summed E-state index contributed by atoms with van der Waals surface area (Å²) in [5, 5.41) is 12.0. The van der Waals surface area contributed by atoms with Crippen LogP contribution in [0, 0.1) is 0 Å². The number of benzene rings is 1. The number of aromatic nitrogens is 4. The number of carbonyl (C=O) groups is 1. The van der Waals surface area contributed by atoms with Crippen molar-refractivity contribution in [3.8, 4) is 5.69 Å². The molecular weight excluding hydrogens is 307 g/mol. The van der Waals surface area contributed by atoms with E-state index < -0.39 is 0 Å². The average molecular weight is 316 g/mol. The summed E-state index contributed by atoms with van der Waals surface area (Å²) in [4.78, 5) is 11.0. The third-order valence-electron chi connectivity index (χ3n) is 2.32. The SMILES string of the molecule is O=CC(CBr)c1cc(Cl)ccc1-n1cnnn1. The van der Waals surface area contributed by atoms with Gasteiger partial charge in [0, 0.05) is 10.4 Å². The summed E-state index contributed by atoms with van der Waals surface area (Å²) in [5.41, 5.74) is 1.53. The number of aldehydes is 1. The molecule has 0 spiro atoms. The summed E-state index contributed by atoms with van der Waals surface area (Å²) < 4.78 is 1.50. The van der Waals surface area contributed by atoms with Crippen LogP contribution in [-0.4, -0.2) is 31.8 Å². The lowest BCUT2D eigenvalue weighted by Crippen LogP contribution is -2.08. The van der Waals surface area contributed by atoms with Crippen LogP contribution in [0.1, 0.15) is 11.5 Å². The van der Waals surface area contributed by atoms with Gasteiger partial charge in [-0.2, -0.15) is 0 Å². The van der Waals surface area contributed by atoms with Crippen molar-refractivity contribution in [2.75, 3.05) is 5.33 Å². The number of rotatable bonds is 4. The lowest BCUT2D eigenvalue weighted by molar-refractivity contribution is -0.108. The summed E-state index contributed by atoms with van der Waals surface area (Å²) in [5.74, 6) is -0.284. The van der Waals surface area contributed by atoms with Crippen molar-refractivity contribution in [1.82, 2.24) is 20.2 Å². The highest BCUT2D eigenvalue weighted by molar-refractivity contribution is 9.09. The smallest absolute Gasteiger partial charge is 0.143 e. The first-order valence-electron chi connectivity index (χ1n) is 4.80. The Kier molecular flexibility index (Phi) is 3.86. The summed E-state index contributed by atoms with van der Waals surface area (Å²) in [6.45, 7) is 0. The minimum atomic E-state index is -0.284. The molecular formula is C10H8BrClN4O. The van der Waals surface area contributed by atoms with E-state index in [4.69, 9.17) is 11.6 Å². The van der Waals surface area contributed by atoms with E-state index in [1.165, 1.54) is 11.0 Å². The van der Waals surface area contributed by atoms with Crippen molar-refractivity contribution in [3.05, 3.63) is 35.1 Å². The molecule has 5 nitrogen and oxygen atoms in total. The fourth-order valence-corrected chi connectivity index (χ4v) is 2.18. The van der Waals surface area contributed by atoms with Crippen LogP contribution in [0.3, 0.4) is 0 Å². The number of alkyl halides is 1. The normalized spacial score (nSPS) is 12.4. The monoisotopic (exact) mass is 314 g/mol. The van der Waals surface area contributed by atoms with Crippen LogP contribution in [0.4, 0.5) is 0 Å². The molecule has 17 heavy (non-hydrogen) atoms. The molecule has 0 saturated heterocycles. The molecule has 2 rings (SSSR count). The van der Waals surface area contributed by atoms with Crippen LogP contribution in [0.2, 0.25) is 5.02 Å². The van der Waals surface area contributed by atoms with Crippen molar-refractivity contribution >= 4 is 33.8 Å². The molecule has 7 heteroatoms. The zero-order valence-corrected chi connectivity index (χ0v) is 11.0. The van der Waals surface area contributed by atoms with Crippen molar-refractivity contribution in [2.45, 2.75) is 5.92 Å². The number of nitrogens with zero attached hydrogens (tertiary/aromatic N) is 4. The quantitative estimate of drug-likeness (QED) is 0.639. The maximum atomic E-state index is 11.0. The van der Waals surface area contributed by atoms with E-state index in [-0.39, 0.29) is 5.92 Å². The molecule has 0 radical (unpaired) electrons. The van der Waals surface area contributed by atoms with E-state index in [1.54, 1.807) is 18.2 Å². The molecule has 0 aliphatic rings. The van der Waals surface area contributed by atoms with Crippen molar-refractivity contribution in [2.24, 2.45) is 0 Å². The predicted octanol–water partition coefficient (Wildman–Crippen LogP) is 1.99. The molecule has 0 fully saturated rings. The van der Waals surface area contributed by atoms with Crippen LogP contribution >= 0.6 is 27.5 Å². The summed E-state index contributed by atoms with van der Waals surface area (Å²) >= 11 is 9.24. The molecule has 2 aromatic rings. The van der Waals surface area contributed by atoms with Gasteiger partial charge in [-0.05, 0) is 34.2 Å². The number of hydrogen-bond acceptors (Lipinski definition) is 4. The summed E-state index contributed by atoms with van der Waals surface area (Å²) in [6.07, 6.45) is 2.34. The van der Waals surface area contributed by atoms with Crippen LogP contribution < -0.4 is 0 Å². The number of carbonyl (C=O) groups excluding carboxylic acids is 1. The Bertz CT molecular complexity index is 517. The lowest BCUT2D eigenvalue weighted by Gasteiger charge is -2.12. The third kappa shape index (κ3) is 2.53. The highest BCUT2D eigenvalue weighted by Crippen LogP contribution is 2.26. The van der Waals surface area contributed by atoms with Gasteiger partial charge < -0.3 is 4.79 Å². The topological polar surface area (TPSA) is 60.7 Å². The Morgan fingerprint density at radius 3 is 2.94 bits per heavy atom. The predicted molar refractivity (Wildman–Crippen MR) is 66.8 cm³/mol. The minimum absolute atomic E-state index is 0.284. The van der Waals surface area contributed by atoms with Gasteiger partial charge in [0.05, 0.1) is 11.6 Å². The zero-order chi connectivity index (χ0) is 12.3. The standard InChI is InChI=1S/C10H8BrClN4O/c11-4-7(5-17)9-3-8(12)1-2-10(9)16-6-13-14-15-16/h1-3,5-7H,4H2. The van der Waals surface area contributed by atoms with E-state index >= 15 is 0 Å². The van der Waals surface area contributed by atoms with Crippen LogP contribution in [0.15, 0.2) is 24.5 Å². The lowest BCUT2D eigenvalue weighted by atomic mass is 10.0. The molecule has 0 N–H and O–H groups in total. The third-order valence-corrected chi connectivity index (χ3v) is 3.25. The molecule has 88 valence electrons. The van der Waals surface area contributed by atoms with Gasteiger partial charge in [0.2, 0.25) is 0 Å². The van der Waals surface area contributed by atoms with Gasteiger partial charge in [-0.25, -0.2) is 4.68 Å². The van der Waals surface area contributed by atoms with Gasteiger partial charge in [0.1, 0.15) is 12.6 Å². The van der Waals surface area contributed by atoms with Crippen LogP contribution in [-0.2, 0) is 4.79 Å². The maximum absolute atomic E-state index is 11.0. The Morgan fingerprint density at radius 2 is 2.35 bits per heavy atom. The first-order valence-corrected chi connectivity index (χ1v) is 6.30. The Hall–Kier alpha value is -1.27. The molecule has 0 aliphatic carbocycles. The Labute approximate surface area is 111 Å². The molecule has 0 bridgehead atoms. The second kappa shape index (κ2) is 5.37. The van der Waals surface area contributed by atoms with Gasteiger partial charge in [0.25, 0.3) is 0 Å². The highest BCUT2D eigenvalue weighted by atomic mass is 79.9. The fourth-order valence-electron chi connectivity index (χ4n) is 1.50. The molecule has 0 aliphatic heterocycles. The molecule has 1 aromatic carbocycles. The van der Waals surface area contributed by atoms with Crippen LogP contribution in [0.25, 0.3) is 5.69 Å². The minimum Gasteiger partial charge on any atom is -0.303 e. The second-order valence-electron chi connectivity index (χ2n) is 3.35. The van der Waals surface area contributed by atoms with Gasteiger partial charge in [0.15, 0.2) is 0 Å². The molecule has 1 heterocycles. The van der Waals surface area contributed by atoms with E-state index in [9.17, 15) is 4.79 Å². The largest absolute Gasteiger partial charge is 0.303 e. The van der Waals surface area contributed by atoms with E-state index in [0.717, 1.165) is 17.5 Å². The van der Waals surface area contributed by atoms with Gasteiger partial charge in [-0.1, -0.05) is 27.5 Å². The van der Waals surface area contributed by atoms with Crippen molar-refractivity contribution in [1.29, 1.82) is 0 Å². The van der Waals surface area contributed by atoms with Crippen molar-refractivity contribution in [3.63, 3.8) is 0 Å². The number of halogens is 2. The first kappa shape index (κ1) is 12.2. The van der Waals surface area contributed by atoms with E-state index in [1.807, 2.05) is 0 Å². The number of tetrazole rings is 1. The maximum Gasteiger partial charge on any atom is 0.143 e. The summed E-state index contributed by atoms with van der Waals surface area (Å²) in [7, 11) is 0. The molecule has 1 atom stereocenters. The Morgan fingerprint density at radius 1 is 1.53 bits per heavy atom. The molecule has 1 aromatic heterocycles.